The van der Waals surface area contributed by atoms with Crippen LogP contribution in [0.2, 0.25) is 0 Å². The second kappa shape index (κ2) is 5.33. The number of phenolic OH excluding ortho intramolecular Hbond substituents is 2. The van der Waals surface area contributed by atoms with Crippen LogP contribution in [0.4, 0.5) is 0 Å². The third-order valence-corrected chi connectivity index (χ3v) is 5.30. The first-order valence-electron chi connectivity index (χ1n) is 8.20. The number of rotatable bonds is 1. The van der Waals surface area contributed by atoms with E-state index in [-0.39, 0.29) is 41.3 Å². The van der Waals surface area contributed by atoms with Crippen molar-refractivity contribution in [3.63, 3.8) is 0 Å². The van der Waals surface area contributed by atoms with E-state index < -0.39 is 5.41 Å². The van der Waals surface area contributed by atoms with Crippen LogP contribution >= 0.6 is 0 Å². The van der Waals surface area contributed by atoms with Crippen LogP contribution in [-0.2, 0) is 4.79 Å². The molecule has 0 bridgehead atoms. The predicted molar refractivity (Wildman–Crippen MR) is 92.2 cm³/mol. The molecule has 126 valence electrons. The highest BCUT2D eigenvalue weighted by atomic mass is 16.3. The average Bonchev–Trinajstić information content (AvgIpc) is 2.64. The molecule has 0 aromatic heterocycles. The molecule has 1 aromatic carbocycles. The number of fused-ring (bicyclic) bond motifs is 2. The molecule has 2 aliphatic rings. The van der Waals surface area contributed by atoms with E-state index in [9.17, 15) is 19.8 Å². The topological polar surface area (TPSA) is 74.6 Å². The van der Waals surface area contributed by atoms with E-state index in [0.717, 1.165) is 5.57 Å². The lowest BCUT2D eigenvalue weighted by atomic mass is 9.67. The van der Waals surface area contributed by atoms with E-state index in [4.69, 9.17) is 0 Å². The minimum Gasteiger partial charge on any atom is -0.504 e. The maximum Gasteiger partial charge on any atom is 0.165 e. The molecule has 0 saturated carbocycles. The van der Waals surface area contributed by atoms with E-state index in [1.165, 1.54) is 6.08 Å². The Kier molecular flexibility index (Phi) is 3.67. The summed E-state index contributed by atoms with van der Waals surface area (Å²) >= 11 is 0. The maximum atomic E-state index is 12.8. The van der Waals surface area contributed by atoms with Crippen molar-refractivity contribution in [3.05, 3.63) is 40.5 Å². The Morgan fingerprint density at radius 2 is 1.79 bits per heavy atom. The number of allylic oxidation sites excluding steroid dienone is 3. The zero-order valence-electron chi connectivity index (χ0n) is 14.4. The fourth-order valence-corrected chi connectivity index (χ4v) is 3.59. The molecular formula is C20H22O4. The van der Waals surface area contributed by atoms with Gasteiger partial charge >= 0.3 is 0 Å². The van der Waals surface area contributed by atoms with Crippen molar-refractivity contribution in [2.24, 2.45) is 11.3 Å². The largest absolute Gasteiger partial charge is 0.504 e. The van der Waals surface area contributed by atoms with Gasteiger partial charge in [0.2, 0.25) is 0 Å². The molecule has 0 aliphatic heterocycles. The van der Waals surface area contributed by atoms with Crippen molar-refractivity contribution in [3.8, 4) is 11.5 Å². The number of carbonyl (C=O) groups is 2. The number of Topliss-reactive ketones (excluding diaryl/α,β-unsaturated/α-hetero) is 1. The van der Waals surface area contributed by atoms with Gasteiger partial charge in [0, 0.05) is 34.4 Å². The number of ketones is 2. The van der Waals surface area contributed by atoms with Crippen LogP contribution in [0.25, 0.3) is 6.08 Å². The van der Waals surface area contributed by atoms with Crippen LogP contribution in [-0.4, -0.2) is 21.8 Å². The number of benzene rings is 1. The highest BCUT2D eigenvalue weighted by molar-refractivity contribution is 6.05. The average molecular weight is 326 g/mol. The van der Waals surface area contributed by atoms with E-state index in [1.54, 1.807) is 18.2 Å². The van der Waals surface area contributed by atoms with Crippen molar-refractivity contribution < 1.29 is 19.8 Å². The number of carbonyl (C=O) groups excluding carboxylic acids is 2. The number of phenols is 2. The summed E-state index contributed by atoms with van der Waals surface area (Å²) in [7, 11) is 0. The Morgan fingerprint density at radius 1 is 1.12 bits per heavy atom. The zero-order chi connectivity index (χ0) is 17.8. The summed E-state index contributed by atoms with van der Waals surface area (Å²) in [4.78, 5) is 25.0. The number of hydrogen-bond acceptors (Lipinski definition) is 4. The van der Waals surface area contributed by atoms with Gasteiger partial charge in [0.15, 0.2) is 23.1 Å². The highest BCUT2D eigenvalue weighted by Crippen LogP contribution is 2.47. The second-order valence-electron chi connectivity index (χ2n) is 7.52. The molecule has 4 nitrogen and oxygen atoms in total. The van der Waals surface area contributed by atoms with E-state index in [2.05, 4.69) is 0 Å². The Bertz CT molecular complexity index is 809. The van der Waals surface area contributed by atoms with Crippen LogP contribution in [0.1, 0.15) is 61.5 Å². The quantitative estimate of drug-likeness (QED) is 0.766. The summed E-state index contributed by atoms with van der Waals surface area (Å²) < 4.78 is 0. The van der Waals surface area contributed by atoms with Crippen LogP contribution in [0, 0.1) is 11.3 Å². The van der Waals surface area contributed by atoms with Gasteiger partial charge in [-0.25, -0.2) is 0 Å². The summed E-state index contributed by atoms with van der Waals surface area (Å²) in [5.41, 5.74) is 1.46. The maximum absolute atomic E-state index is 12.8. The molecule has 2 N–H and O–H groups in total. The minimum atomic E-state index is -0.670. The van der Waals surface area contributed by atoms with Crippen molar-refractivity contribution in [1.29, 1.82) is 0 Å². The molecule has 0 amide bonds. The summed E-state index contributed by atoms with van der Waals surface area (Å²) in [6.07, 6.45) is 5.18. The van der Waals surface area contributed by atoms with E-state index in [1.807, 2.05) is 27.7 Å². The summed E-state index contributed by atoms with van der Waals surface area (Å²) in [5, 5.41) is 20.7. The number of hydrogen-bond donors (Lipinski definition) is 2. The normalized spacial score (nSPS) is 22.0. The minimum absolute atomic E-state index is 0.00153. The molecule has 1 unspecified atom stereocenters. The lowest BCUT2D eigenvalue weighted by Gasteiger charge is -2.35. The van der Waals surface area contributed by atoms with Gasteiger partial charge in [0.1, 0.15) is 0 Å². The summed E-state index contributed by atoms with van der Waals surface area (Å²) in [6, 6.07) is 1.67. The Morgan fingerprint density at radius 3 is 2.42 bits per heavy atom. The molecule has 0 saturated heterocycles. The Balaban J connectivity index is 2.26. The zero-order valence-corrected chi connectivity index (χ0v) is 14.4. The van der Waals surface area contributed by atoms with Crippen molar-refractivity contribution in [1.82, 2.24) is 0 Å². The van der Waals surface area contributed by atoms with Crippen LogP contribution in [0.3, 0.4) is 0 Å². The van der Waals surface area contributed by atoms with Crippen molar-refractivity contribution in [2.75, 3.05) is 0 Å². The van der Waals surface area contributed by atoms with Gasteiger partial charge in [-0.05, 0) is 29.7 Å². The fraction of sp³-hybridized carbons (Fsp3) is 0.400. The van der Waals surface area contributed by atoms with Gasteiger partial charge in [0.25, 0.3) is 0 Å². The van der Waals surface area contributed by atoms with Gasteiger partial charge in [-0.1, -0.05) is 33.8 Å². The van der Waals surface area contributed by atoms with Crippen molar-refractivity contribution >= 4 is 17.6 Å². The van der Waals surface area contributed by atoms with Gasteiger partial charge in [-0.3, -0.25) is 9.59 Å². The van der Waals surface area contributed by atoms with Gasteiger partial charge < -0.3 is 10.2 Å². The van der Waals surface area contributed by atoms with Crippen LogP contribution < -0.4 is 0 Å². The monoisotopic (exact) mass is 326 g/mol. The first-order valence-corrected chi connectivity index (χ1v) is 8.20. The molecule has 24 heavy (non-hydrogen) atoms. The smallest absolute Gasteiger partial charge is 0.165 e. The summed E-state index contributed by atoms with van der Waals surface area (Å²) in [6.45, 7) is 7.48. The lowest BCUT2D eigenvalue weighted by molar-refractivity contribution is -0.124. The SMILES string of the molecule is CC(C)c1cc2c(c(O)c1O)C=C1C=CC(=O)C(C)(C)C1CC2=O. The second-order valence-corrected chi connectivity index (χ2v) is 7.52. The summed E-state index contributed by atoms with van der Waals surface area (Å²) in [5.74, 6) is -0.820. The third kappa shape index (κ3) is 2.29. The highest BCUT2D eigenvalue weighted by Gasteiger charge is 2.42. The van der Waals surface area contributed by atoms with Gasteiger partial charge in [0.05, 0.1) is 0 Å². The lowest BCUT2D eigenvalue weighted by Crippen LogP contribution is -2.36. The Hall–Kier alpha value is -2.36. The van der Waals surface area contributed by atoms with Gasteiger partial charge in [-0.2, -0.15) is 0 Å². The molecule has 4 heteroatoms. The fourth-order valence-electron chi connectivity index (χ4n) is 3.59. The van der Waals surface area contributed by atoms with Crippen LogP contribution in [0.5, 0.6) is 11.5 Å². The molecule has 0 spiro atoms. The first-order chi connectivity index (χ1) is 11.1. The molecule has 0 heterocycles. The third-order valence-electron chi connectivity index (χ3n) is 5.30. The van der Waals surface area contributed by atoms with E-state index in [0.29, 0.717) is 16.7 Å². The molecule has 0 radical (unpaired) electrons. The molecule has 1 atom stereocenters. The predicted octanol–water partition coefficient (Wildman–Crippen LogP) is 3.97. The molecule has 0 fully saturated rings. The molecule has 3 rings (SSSR count). The van der Waals surface area contributed by atoms with Crippen LogP contribution in [0.15, 0.2) is 23.8 Å². The number of aromatic hydroxyl groups is 2. The standard InChI is InChI=1S/C20H22O4/c1-10(2)12-8-13-14(19(24)18(12)23)7-11-5-6-17(22)20(3,4)15(11)9-16(13)21/h5-8,10,15,23-24H,9H2,1-4H3. The van der Waals surface area contributed by atoms with Crippen molar-refractivity contribution in [2.45, 2.75) is 40.0 Å². The molecule has 2 aliphatic carbocycles. The molecular weight excluding hydrogens is 304 g/mol. The van der Waals surface area contributed by atoms with E-state index >= 15 is 0 Å². The Labute approximate surface area is 141 Å². The first kappa shape index (κ1) is 16.5. The molecule has 1 aromatic rings. The van der Waals surface area contributed by atoms with Gasteiger partial charge in [-0.15, -0.1) is 0 Å².